The summed E-state index contributed by atoms with van der Waals surface area (Å²) in [5.74, 6) is 2.36. The number of imidazole rings is 2. The minimum Gasteiger partial charge on any atom is -0.292 e. The molecule has 11 aromatic carbocycles. The first kappa shape index (κ1) is 44.4. The van der Waals surface area contributed by atoms with E-state index in [1.165, 1.54) is 16.7 Å². The van der Waals surface area contributed by atoms with E-state index in [4.69, 9.17) is 19.9 Å². The Balaban J connectivity index is 0.959. The molecule has 0 aliphatic carbocycles. The molecule has 0 fully saturated rings. The molecular formula is C70H46N6. The molecule has 0 N–H and O–H groups in total. The summed E-state index contributed by atoms with van der Waals surface area (Å²) in [5, 5.41) is 0.952. The number of nitrogens with zero attached hydrogens (tertiary/aromatic N) is 6. The molecule has 0 saturated carbocycles. The van der Waals surface area contributed by atoms with Crippen LogP contribution in [0.4, 0.5) is 0 Å². The van der Waals surface area contributed by atoms with E-state index in [2.05, 4.69) is 264 Å². The van der Waals surface area contributed by atoms with E-state index in [9.17, 15) is 0 Å². The predicted octanol–water partition coefficient (Wildman–Crippen LogP) is 17.6. The molecule has 14 rings (SSSR count). The molecule has 6 heteroatoms. The molecule has 356 valence electrons. The highest BCUT2D eigenvalue weighted by Gasteiger charge is 2.21. The van der Waals surface area contributed by atoms with Gasteiger partial charge in [-0.2, -0.15) is 0 Å². The van der Waals surface area contributed by atoms with Crippen LogP contribution in [0.3, 0.4) is 0 Å². The van der Waals surface area contributed by atoms with Gasteiger partial charge in [-0.3, -0.25) is 9.13 Å². The highest BCUT2D eigenvalue weighted by molar-refractivity contribution is 6.05. The van der Waals surface area contributed by atoms with Gasteiger partial charge in [0.1, 0.15) is 11.6 Å². The molecule has 6 nitrogen and oxygen atoms in total. The number of benzene rings is 11. The van der Waals surface area contributed by atoms with Gasteiger partial charge in [-0.05, 0) is 99.6 Å². The molecule has 76 heavy (non-hydrogen) atoms. The van der Waals surface area contributed by atoms with Crippen LogP contribution in [-0.4, -0.2) is 29.1 Å². The van der Waals surface area contributed by atoms with Crippen molar-refractivity contribution in [2.75, 3.05) is 0 Å². The van der Waals surface area contributed by atoms with E-state index in [0.717, 1.165) is 112 Å². The molecule has 0 amide bonds. The van der Waals surface area contributed by atoms with Crippen LogP contribution in [0.2, 0.25) is 0 Å². The fourth-order valence-electron chi connectivity index (χ4n) is 10.6. The van der Waals surface area contributed by atoms with E-state index >= 15 is 0 Å². The molecule has 3 heterocycles. The first-order chi connectivity index (χ1) is 37.7. The maximum absolute atomic E-state index is 5.57. The van der Waals surface area contributed by atoms with Gasteiger partial charge in [0.25, 0.3) is 0 Å². The molecule has 0 unspecified atom stereocenters. The third-order valence-corrected chi connectivity index (χ3v) is 14.4. The normalized spacial score (nSPS) is 11.4. The van der Waals surface area contributed by atoms with Gasteiger partial charge in [0.05, 0.1) is 33.3 Å². The first-order valence-corrected chi connectivity index (χ1v) is 25.6. The van der Waals surface area contributed by atoms with Crippen LogP contribution < -0.4 is 0 Å². The van der Waals surface area contributed by atoms with Crippen molar-refractivity contribution in [3.05, 3.63) is 279 Å². The monoisotopic (exact) mass is 970 g/mol. The summed E-state index contributed by atoms with van der Waals surface area (Å²) < 4.78 is 4.47. The summed E-state index contributed by atoms with van der Waals surface area (Å²) in [6.07, 6.45) is 0. The standard InChI is InChI=1S/C70H46N6/c1-5-17-47(18-6-1)49-29-31-51(32-30-49)57-45-60(52-35-33-50(34-36-52)48-19-7-2-8-20-48)67-61(46-57)66(53-37-41-55(42-38-53)69-71-62-25-13-15-27-64(62)75(69)58-21-9-3-10-22-58)73-68(74-67)54-39-43-56(44-40-54)70-72-63-26-14-16-28-65(63)76(70)59-23-11-4-12-24-59/h1-46H. The lowest BCUT2D eigenvalue weighted by molar-refractivity contribution is 1.10. The van der Waals surface area contributed by atoms with E-state index in [1.54, 1.807) is 0 Å². The van der Waals surface area contributed by atoms with Crippen LogP contribution >= 0.6 is 0 Å². The van der Waals surface area contributed by atoms with Crippen LogP contribution in [0.25, 0.3) is 134 Å². The van der Waals surface area contributed by atoms with Crippen molar-refractivity contribution in [2.24, 2.45) is 0 Å². The predicted molar refractivity (Wildman–Crippen MR) is 312 cm³/mol. The zero-order valence-corrected chi connectivity index (χ0v) is 41.2. The molecule has 0 aliphatic rings. The highest BCUT2D eigenvalue weighted by Crippen LogP contribution is 2.41. The zero-order chi connectivity index (χ0) is 50.4. The average Bonchev–Trinajstić information content (AvgIpc) is 4.11. The molecule has 14 aromatic rings. The Hall–Kier alpha value is -10.3. The third kappa shape index (κ3) is 8.11. The van der Waals surface area contributed by atoms with Crippen molar-refractivity contribution in [3.8, 4) is 101 Å². The average molecular weight is 971 g/mol. The van der Waals surface area contributed by atoms with Gasteiger partial charge >= 0.3 is 0 Å². The Kier molecular flexibility index (Phi) is 11.1. The number of rotatable bonds is 10. The third-order valence-electron chi connectivity index (χ3n) is 14.4. The summed E-state index contributed by atoms with van der Waals surface area (Å²) >= 11 is 0. The molecular weight excluding hydrogens is 925 g/mol. The van der Waals surface area contributed by atoms with E-state index in [0.29, 0.717) is 5.82 Å². The van der Waals surface area contributed by atoms with Crippen molar-refractivity contribution in [1.29, 1.82) is 0 Å². The van der Waals surface area contributed by atoms with Crippen molar-refractivity contribution in [3.63, 3.8) is 0 Å². The number of hydrogen-bond acceptors (Lipinski definition) is 4. The van der Waals surface area contributed by atoms with E-state index in [1.807, 2.05) is 24.3 Å². The van der Waals surface area contributed by atoms with Crippen molar-refractivity contribution < 1.29 is 0 Å². The van der Waals surface area contributed by atoms with Gasteiger partial charge in [-0.15, -0.1) is 0 Å². The molecule has 0 bridgehead atoms. The minimum absolute atomic E-state index is 0.627. The smallest absolute Gasteiger partial charge is 0.160 e. The molecule has 3 aromatic heterocycles. The lowest BCUT2D eigenvalue weighted by Crippen LogP contribution is -1.99. The van der Waals surface area contributed by atoms with Gasteiger partial charge in [0, 0.05) is 44.6 Å². The lowest BCUT2D eigenvalue weighted by atomic mass is 9.92. The first-order valence-electron chi connectivity index (χ1n) is 25.6. The molecule has 0 radical (unpaired) electrons. The van der Waals surface area contributed by atoms with Crippen LogP contribution in [0.1, 0.15) is 0 Å². The SMILES string of the molecule is c1ccc(-c2ccc(-c3cc(-c4ccc(-c5ccccc5)cc4)c4nc(-c5ccc(-c6nc7ccccc7n6-c6ccccc6)cc5)nc(-c5ccc(-c6nc7ccccc7n6-c6ccccc6)cc5)c4c3)cc2)cc1. The highest BCUT2D eigenvalue weighted by atomic mass is 15.1. The second kappa shape index (κ2) is 19.0. The Morgan fingerprint density at radius 1 is 0.250 bits per heavy atom. The van der Waals surface area contributed by atoms with Crippen LogP contribution in [0, 0.1) is 0 Å². The van der Waals surface area contributed by atoms with Gasteiger partial charge < -0.3 is 0 Å². The van der Waals surface area contributed by atoms with Crippen LogP contribution in [0.5, 0.6) is 0 Å². The maximum Gasteiger partial charge on any atom is 0.160 e. The Bertz CT molecular complexity index is 4380. The Labute approximate surface area is 440 Å². The van der Waals surface area contributed by atoms with Crippen molar-refractivity contribution in [2.45, 2.75) is 0 Å². The topological polar surface area (TPSA) is 61.4 Å². The number of para-hydroxylation sites is 6. The van der Waals surface area contributed by atoms with Gasteiger partial charge in [0.2, 0.25) is 0 Å². The lowest BCUT2D eigenvalue weighted by Gasteiger charge is -2.16. The van der Waals surface area contributed by atoms with Crippen LogP contribution in [-0.2, 0) is 0 Å². The summed E-state index contributed by atoms with van der Waals surface area (Å²) in [4.78, 5) is 21.5. The Morgan fingerprint density at radius 2 is 0.618 bits per heavy atom. The number of fused-ring (bicyclic) bond motifs is 3. The Morgan fingerprint density at radius 3 is 1.11 bits per heavy atom. The van der Waals surface area contributed by atoms with Crippen molar-refractivity contribution >= 4 is 33.0 Å². The van der Waals surface area contributed by atoms with Crippen LogP contribution in [0.15, 0.2) is 279 Å². The number of aromatic nitrogens is 6. The fourth-order valence-corrected chi connectivity index (χ4v) is 10.6. The molecule has 0 aliphatic heterocycles. The molecule has 0 atom stereocenters. The summed E-state index contributed by atoms with van der Waals surface area (Å²) in [6.45, 7) is 0. The largest absolute Gasteiger partial charge is 0.292 e. The maximum atomic E-state index is 5.57. The zero-order valence-electron chi connectivity index (χ0n) is 41.2. The quantitative estimate of drug-likeness (QED) is 0.137. The van der Waals surface area contributed by atoms with Gasteiger partial charge in [-0.25, -0.2) is 19.9 Å². The number of hydrogen-bond donors (Lipinski definition) is 0. The van der Waals surface area contributed by atoms with E-state index in [-0.39, 0.29) is 0 Å². The summed E-state index contributed by atoms with van der Waals surface area (Å²) in [6, 6.07) is 98.1. The van der Waals surface area contributed by atoms with E-state index < -0.39 is 0 Å². The second-order valence-electron chi connectivity index (χ2n) is 19.0. The summed E-state index contributed by atoms with van der Waals surface area (Å²) in [5.41, 5.74) is 20.6. The molecule has 0 saturated heterocycles. The minimum atomic E-state index is 0.627. The van der Waals surface area contributed by atoms with Crippen molar-refractivity contribution in [1.82, 2.24) is 29.1 Å². The molecule has 0 spiro atoms. The second-order valence-corrected chi connectivity index (χ2v) is 19.0. The van der Waals surface area contributed by atoms with Gasteiger partial charge in [0.15, 0.2) is 5.82 Å². The summed E-state index contributed by atoms with van der Waals surface area (Å²) in [7, 11) is 0. The van der Waals surface area contributed by atoms with Gasteiger partial charge in [-0.1, -0.05) is 218 Å². The fraction of sp³-hybridized carbons (Fsp3) is 0.